The number of hydrogen-bond donors (Lipinski definition) is 7. The van der Waals surface area contributed by atoms with Crippen molar-refractivity contribution in [3.8, 4) is 0 Å². The van der Waals surface area contributed by atoms with E-state index in [0.717, 1.165) is 0 Å². The Balaban J connectivity index is 0. The van der Waals surface area contributed by atoms with Gasteiger partial charge in [0.05, 0.1) is 6.04 Å². The molecule has 0 saturated heterocycles. The van der Waals surface area contributed by atoms with Gasteiger partial charge in [-0.3, -0.25) is 0 Å². The molecule has 88 valence electrons. The van der Waals surface area contributed by atoms with E-state index in [0.29, 0.717) is 0 Å². The fraction of sp³-hybridized carbons (Fsp3) is 1.00. The van der Waals surface area contributed by atoms with Crippen LogP contribution in [0.1, 0.15) is 12.8 Å². The van der Waals surface area contributed by atoms with Gasteiger partial charge in [-0.2, -0.15) is 0 Å². The lowest BCUT2D eigenvalue weighted by Gasteiger charge is -2.26. The van der Waals surface area contributed by atoms with Crippen molar-refractivity contribution in [3.05, 3.63) is 0 Å². The molecule has 0 spiro atoms. The van der Waals surface area contributed by atoms with Gasteiger partial charge in [-0.15, -0.1) is 12.4 Å². The zero-order chi connectivity index (χ0) is 10.7. The maximum atomic E-state index is 8.68. The zero-order valence-corrected chi connectivity index (χ0v) is 8.40. The SMILES string of the molecule is CNC(CCC(O)(O)O)C(O)(O)O.Cl. The molecule has 0 bridgehead atoms. The first kappa shape index (κ1) is 16.4. The molecule has 0 heterocycles. The van der Waals surface area contributed by atoms with E-state index in [1.807, 2.05) is 0 Å². The third kappa shape index (κ3) is 7.42. The van der Waals surface area contributed by atoms with E-state index in [4.69, 9.17) is 30.6 Å². The Kier molecular flexibility index (Phi) is 6.79. The van der Waals surface area contributed by atoms with Gasteiger partial charge in [0.2, 0.25) is 0 Å². The molecule has 0 aromatic rings. The number of aliphatic hydroxyl groups is 6. The van der Waals surface area contributed by atoms with E-state index < -0.39 is 24.4 Å². The normalized spacial score (nSPS) is 14.8. The van der Waals surface area contributed by atoms with E-state index in [1.54, 1.807) is 0 Å². The average molecular weight is 234 g/mol. The minimum absolute atomic E-state index is 0. The zero-order valence-electron chi connectivity index (χ0n) is 7.58. The Hall–Kier alpha value is 0.01000. The Morgan fingerprint density at radius 2 is 1.50 bits per heavy atom. The summed E-state index contributed by atoms with van der Waals surface area (Å²) in [4.78, 5) is 0. The van der Waals surface area contributed by atoms with Crippen molar-refractivity contribution in [1.82, 2.24) is 5.32 Å². The van der Waals surface area contributed by atoms with Crippen LogP contribution in [0.5, 0.6) is 0 Å². The van der Waals surface area contributed by atoms with Gasteiger partial charge >= 0.3 is 0 Å². The fourth-order valence-corrected chi connectivity index (χ4v) is 0.870. The summed E-state index contributed by atoms with van der Waals surface area (Å²) in [6.45, 7) is 0. The molecule has 0 aromatic heterocycles. The first-order valence-corrected chi connectivity index (χ1v) is 3.68. The predicted molar refractivity (Wildman–Crippen MR) is 48.1 cm³/mol. The van der Waals surface area contributed by atoms with Gasteiger partial charge < -0.3 is 36.0 Å². The number of rotatable bonds is 5. The van der Waals surface area contributed by atoms with Crippen LogP contribution in [0.25, 0.3) is 0 Å². The lowest BCUT2D eigenvalue weighted by atomic mass is 10.1. The summed E-state index contributed by atoms with van der Waals surface area (Å²) in [6, 6.07) is -1.18. The highest BCUT2D eigenvalue weighted by atomic mass is 35.5. The molecule has 1 atom stereocenters. The Bertz CT molecular complexity index is 153. The number of halogens is 1. The molecule has 0 aromatic carbocycles. The van der Waals surface area contributed by atoms with Crippen LogP contribution in [0.2, 0.25) is 0 Å². The molecule has 0 aliphatic heterocycles. The third-order valence-electron chi connectivity index (χ3n) is 1.58. The predicted octanol–water partition coefficient (Wildman–Crippen LogP) is -2.96. The number of likely N-dealkylation sites (N-methyl/N-ethyl adjacent to an activating group) is 1. The molecular formula is C6H16ClNO6. The summed E-state index contributed by atoms with van der Waals surface area (Å²) in [5, 5.41) is 53.8. The molecule has 0 saturated carbocycles. The summed E-state index contributed by atoms with van der Waals surface area (Å²) in [7, 11) is 1.34. The maximum Gasteiger partial charge on any atom is 0.291 e. The highest BCUT2D eigenvalue weighted by molar-refractivity contribution is 5.85. The molecule has 8 heteroatoms. The van der Waals surface area contributed by atoms with Crippen LogP contribution in [0.4, 0.5) is 0 Å². The summed E-state index contributed by atoms with van der Waals surface area (Å²) in [5.74, 6) is -5.83. The molecule has 1 unspecified atom stereocenters. The van der Waals surface area contributed by atoms with Gasteiger partial charge in [0, 0.05) is 6.42 Å². The minimum Gasteiger partial charge on any atom is -0.344 e. The van der Waals surface area contributed by atoms with Crippen molar-refractivity contribution >= 4 is 12.4 Å². The smallest absolute Gasteiger partial charge is 0.291 e. The molecule has 0 rings (SSSR count). The van der Waals surface area contributed by atoms with Gasteiger partial charge in [-0.05, 0) is 13.5 Å². The van der Waals surface area contributed by atoms with E-state index >= 15 is 0 Å². The first-order valence-electron chi connectivity index (χ1n) is 3.68. The van der Waals surface area contributed by atoms with Crippen molar-refractivity contribution in [2.75, 3.05) is 7.05 Å². The lowest BCUT2D eigenvalue weighted by molar-refractivity contribution is -0.339. The maximum absolute atomic E-state index is 8.68. The van der Waals surface area contributed by atoms with Crippen LogP contribution in [-0.2, 0) is 0 Å². The van der Waals surface area contributed by atoms with Gasteiger partial charge in [0.1, 0.15) is 0 Å². The second-order valence-electron chi connectivity index (χ2n) is 2.84. The lowest BCUT2D eigenvalue weighted by Crippen LogP contribution is -2.50. The average Bonchev–Trinajstić information content (AvgIpc) is 1.82. The third-order valence-corrected chi connectivity index (χ3v) is 1.58. The quantitative estimate of drug-likeness (QED) is 0.252. The topological polar surface area (TPSA) is 133 Å². The van der Waals surface area contributed by atoms with Crippen LogP contribution in [0.3, 0.4) is 0 Å². The second kappa shape index (κ2) is 5.79. The molecule has 14 heavy (non-hydrogen) atoms. The highest BCUT2D eigenvalue weighted by Gasteiger charge is 2.33. The van der Waals surface area contributed by atoms with Crippen LogP contribution in [0.15, 0.2) is 0 Å². The standard InChI is InChI=1S/C6H15NO6.ClH/c1-7-4(6(11,12)13)2-3-5(8,9)10;/h4,7-13H,2-3H2,1H3;1H. The highest BCUT2D eigenvalue weighted by Crippen LogP contribution is 2.13. The Morgan fingerprint density at radius 3 is 1.71 bits per heavy atom. The van der Waals surface area contributed by atoms with Crippen LogP contribution in [0, 0.1) is 0 Å². The summed E-state index contributed by atoms with van der Waals surface area (Å²) in [6.07, 6.45) is -0.758. The molecule has 7 nitrogen and oxygen atoms in total. The van der Waals surface area contributed by atoms with Gasteiger partial charge in [0.15, 0.2) is 0 Å². The monoisotopic (exact) mass is 233 g/mol. The Labute approximate surface area is 87.0 Å². The first-order chi connectivity index (χ1) is 5.67. The summed E-state index contributed by atoms with van der Waals surface area (Å²) < 4.78 is 0. The molecule has 7 N–H and O–H groups in total. The van der Waals surface area contributed by atoms with Crippen LogP contribution < -0.4 is 5.32 Å². The van der Waals surface area contributed by atoms with E-state index in [9.17, 15) is 0 Å². The molecule has 0 aliphatic carbocycles. The molecular weight excluding hydrogens is 218 g/mol. The van der Waals surface area contributed by atoms with Crippen molar-refractivity contribution < 1.29 is 30.6 Å². The van der Waals surface area contributed by atoms with Crippen molar-refractivity contribution in [1.29, 1.82) is 0 Å². The van der Waals surface area contributed by atoms with Gasteiger partial charge in [0.25, 0.3) is 11.9 Å². The van der Waals surface area contributed by atoms with E-state index in [2.05, 4.69) is 5.32 Å². The van der Waals surface area contributed by atoms with Crippen molar-refractivity contribution in [3.63, 3.8) is 0 Å². The summed E-state index contributed by atoms with van der Waals surface area (Å²) in [5.41, 5.74) is 0. The molecule has 0 radical (unpaired) electrons. The number of nitrogens with one attached hydrogen (secondary N) is 1. The number of hydrogen-bond acceptors (Lipinski definition) is 7. The van der Waals surface area contributed by atoms with Crippen LogP contribution >= 0.6 is 12.4 Å². The van der Waals surface area contributed by atoms with E-state index in [1.165, 1.54) is 7.05 Å². The minimum atomic E-state index is -2.96. The van der Waals surface area contributed by atoms with Crippen molar-refractivity contribution in [2.45, 2.75) is 30.8 Å². The van der Waals surface area contributed by atoms with Crippen molar-refractivity contribution in [2.24, 2.45) is 0 Å². The van der Waals surface area contributed by atoms with Gasteiger partial charge in [-0.1, -0.05) is 0 Å². The van der Waals surface area contributed by atoms with Crippen LogP contribution in [-0.4, -0.2) is 55.7 Å². The molecule has 0 aliphatic rings. The Morgan fingerprint density at radius 1 is 1.07 bits per heavy atom. The molecule has 0 fully saturated rings. The second-order valence-corrected chi connectivity index (χ2v) is 2.84. The van der Waals surface area contributed by atoms with E-state index in [-0.39, 0.29) is 18.8 Å². The largest absolute Gasteiger partial charge is 0.344 e. The van der Waals surface area contributed by atoms with Gasteiger partial charge in [-0.25, -0.2) is 0 Å². The fourth-order valence-electron chi connectivity index (χ4n) is 0.870. The summed E-state index contributed by atoms with van der Waals surface area (Å²) >= 11 is 0. The molecule has 0 amide bonds.